The van der Waals surface area contributed by atoms with E-state index in [9.17, 15) is 13.2 Å². The van der Waals surface area contributed by atoms with Crippen LogP contribution in [0, 0.1) is 0 Å². The molecule has 0 bridgehead atoms. The molecule has 0 radical (unpaired) electrons. The molecular weight excluding hydrogens is 471 g/mol. The number of halogens is 3. The van der Waals surface area contributed by atoms with Gasteiger partial charge in [-0.3, -0.25) is 0 Å². The second kappa shape index (κ2) is 10.6. The molecule has 0 unspecified atom stereocenters. The number of aromatic nitrogens is 3. The molecule has 9 heteroatoms. The Morgan fingerprint density at radius 3 is 2.36 bits per heavy atom. The van der Waals surface area contributed by atoms with Gasteiger partial charge < -0.3 is 18.8 Å². The van der Waals surface area contributed by atoms with E-state index in [-0.39, 0.29) is 41.4 Å². The van der Waals surface area contributed by atoms with Crippen molar-refractivity contribution in [2.45, 2.75) is 39.1 Å². The summed E-state index contributed by atoms with van der Waals surface area (Å²) in [6.07, 6.45) is -3.16. The molecule has 0 aliphatic carbocycles. The van der Waals surface area contributed by atoms with Crippen LogP contribution in [0.2, 0.25) is 0 Å². The lowest BCUT2D eigenvalue weighted by Gasteiger charge is -2.17. The van der Waals surface area contributed by atoms with Crippen molar-refractivity contribution in [1.29, 1.82) is 0 Å². The van der Waals surface area contributed by atoms with Gasteiger partial charge >= 0.3 is 6.18 Å². The summed E-state index contributed by atoms with van der Waals surface area (Å²) in [5, 5.41) is 0. The molecule has 0 aliphatic rings. The van der Waals surface area contributed by atoms with Crippen LogP contribution < -0.4 is 9.47 Å². The molecule has 0 aliphatic heterocycles. The number of methoxy groups -OCH3 is 2. The van der Waals surface area contributed by atoms with Crippen molar-refractivity contribution in [3.8, 4) is 23.0 Å². The predicted octanol–water partition coefficient (Wildman–Crippen LogP) is 6.47. The van der Waals surface area contributed by atoms with Crippen molar-refractivity contribution in [3.05, 3.63) is 71.4 Å². The minimum atomic E-state index is -4.67. The normalized spacial score (nSPS) is 11.9. The number of hydrogen-bond donors (Lipinski definition) is 0. The van der Waals surface area contributed by atoms with Crippen LogP contribution in [0.1, 0.15) is 36.5 Å². The van der Waals surface area contributed by atoms with Gasteiger partial charge in [0.1, 0.15) is 29.2 Å². The van der Waals surface area contributed by atoms with Crippen molar-refractivity contribution < 1.29 is 27.4 Å². The molecule has 0 amide bonds. The van der Waals surface area contributed by atoms with Gasteiger partial charge in [-0.15, -0.1) is 0 Å². The molecular formula is C27H28F3N3O3. The number of nitrogens with zero attached hydrogens (tertiary/aromatic N) is 3. The van der Waals surface area contributed by atoms with Gasteiger partial charge in [0.15, 0.2) is 0 Å². The minimum absolute atomic E-state index is 0.0874. The van der Waals surface area contributed by atoms with Gasteiger partial charge in [-0.2, -0.15) is 13.2 Å². The van der Waals surface area contributed by atoms with Crippen LogP contribution in [0.15, 0.2) is 54.7 Å². The predicted molar refractivity (Wildman–Crippen MR) is 131 cm³/mol. The fourth-order valence-corrected chi connectivity index (χ4v) is 4.14. The summed E-state index contributed by atoms with van der Waals surface area (Å²) < 4.78 is 61.6. The monoisotopic (exact) mass is 499 g/mol. The zero-order chi connectivity index (χ0) is 25.9. The molecule has 4 rings (SSSR count). The first-order valence-corrected chi connectivity index (χ1v) is 11.5. The quantitative estimate of drug-likeness (QED) is 0.264. The van der Waals surface area contributed by atoms with Crippen LogP contribution >= 0.6 is 0 Å². The van der Waals surface area contributed by atoms with Gasteiger partial charge in [0, 0.05) is 37.0 Å². The first-order valence-electron chi connectivity index (χ1n) is 11.5. The van der Waals surface area contributed by atoms with Crippen molar-refractivity contribution in [2.75, 3.05) is 20.8 Å². The highest BCUT2D eigenvalue weighted by atomic mass is 19.4. The lowest BCUT2D eigenvalue weighted by molar-refractivity contribution is -0.137. The fourth-order valence-electron chi connectivity index (χ4n) is 4.14. The Labute approximate surface area is 207 Å². The third-order valence-electron chi connectivity index (χ3n) is 5.94. The molecule has 0 atom stereocenters. The number of imidazole rings is 1. The fraction of sp³-hybridized carbons (Fsp3) is 0.333. The highest BCUT2D eigenvalue weighted by molar-refractivity contribution is 5.90. The summed E-state index contributed by atoms with van der Waals surface area (Å²) in [4.78, 5) is 8.57. The zero-order valence-corrected chi connectivity index (χ0v) is 20.6. The molecule has 0 spiro atoms. The van der Waals surface area contributed by atoms with Crippen LogP contribution in [-0.2, 0) is 24.1 Å². The molecule has 6 nitrogen and oxygen atoms in total. The van der Waals surface area contributed by atoms with Gasteiger partial charge in [0.2, 0.25) is 5.88 Å². The maximum Gasteiger partial charge on any atom is 0.418 e. The molecule has 0 N–H and O–H groups in total. The summed E-state index contributed by atoms with van der Waals surface area (Å²) in [7, 11) is 2.97. The SMILES string of the molecule is COCCn1c(-c2ccc(C(C)C)cc2)nc2c(C(F)(F)F)c(COc3ccccn3)cc(OC)c21. The van der Waals surface area contributed by atoms with Crippen LogP contribution in [0.5, 0.6) is 11.6 Å². The van der Waals surface area contributed by atoms with Crippen LogP contribution in [0.25, 0.3) is 22.4 Å². The van der Waals surface area contributed by atoms with E-state index in [1.54, 1.807) is 29.9 Å². The van der Waals surface area contributed by atoms with Gasteiger partial charge in [0.25, 0.3) is 0 Å². The summed E-state index contributed by atoms with van der Waals surface area (Å²) >= 11 is 0. The first-order chi connectivity index (χ1) is 17.2. The Morgan fingerprint density at radius 1 is 1.03 bits per heavy atom. The lowest BCUT2D eigenvalue weighted by atomic mass is 10.0. The maximum atomic E-state index is 14.5. The number of pyridine rings is 1. The van der Waals surface area contributed by atoms with Crippen molar-refractivity contribution >= 4 is 11.0 Å². The Kier molecular flexibility index (Phi) is 7.49. The summed E-state index contributed by atoms with van der Waals surface area (Å²) in [6, 6.07) is 14.0. The van der Waals surface area contributed by atoms with E-state index in [4.69, 9.17) is 14.2 Å². The van der Waals surface area contributed by atoms with Gasteiger partial charge in [-0.1, -0.05) is 44.2 Å². The average molecular weight is 500 g/mol. The number of hydrogen-bond acceptors (Lipinski definition) is 5. The zero-order valence-electron chi connectivity index (χ0n) is 20.6. The van der Waals surface area contributed by atoms with Crippen molar-refractivity contribution in [2.24, 2.45) is 0 Å². The molecule has 4 aromatic rings. The van der Waals surface area contributed by atoms with E-state index in [2.05, 4.69) is 23.8 Å². The van der Waals surface area contributed by atoms with E-state index in [0.29, 0.717) is 23.9 Å². The van der Waals surface area contributed by atoms with Crippen LogP contribution in [0.4, 0.5) is 13.2 Å². The smallest absolute Gasteiger partial charge is 0.418 e. The second-order valence-electron chi connectivity index (χ2n) is 8.62. The lowest BCUT2D eigenvalue weighted by Crippen LogP contribution is -2.13. The highest BCUT2D eigenvalue weighted by Crippen LogP contribution is 2.43. The Balaban J connectivity index is 1.93. The first kappa shape index (κ1) is 25.5. The van der Waals surface area contributed by atoms with Crippen molar-refractivity contribution in [3.63, 3.8) is 0 Å². The molecule has 36 heavy (non-hydrogen) atoms. The Bertz CT molecular complexity index is 1320. The largest absolute Gasteiger partial charge is 0.494 e. The number of rotatable bonds is 9. The number of alkyl halides is 3. The number of benzene rings is 2. The number of fused-ring (bicyclic) bond motifs is 1. The van der Waals surface area contributed by atoms with Crippen LogP contribution in [-0.4, -0.2) is 35.4 Å². The molecule has 0 fully saturated rings. The van der Waals surface area contributed by atoms with Gasteiger partial charge in [0.05, 0.1) is 19.3 Å². The molecule has 0 saturated heterocycles. The third-order valence-corrected chi connectivity index (χ3v) is 5.94. The van der Waals surface area contributed by atoms with E-state index < -0.39 is 11.7 Å². The Hall–Kier alpha value is -3.59. The standard InChI is InChI=1S/C27H28F3N3O3/c1-17(2)18-8-10-19(11-9-18)26-32-24-23(27(28,29)30)20(16-36-22-7-5-6-12-31-22)15-21(35-4)25(24)33(26)13-14-34-3/h5-12,15,17H,13-14,16H2,1-4H3. The molecule has 2 aromatic carbocycles. The Morgan fingerprint density at radius 2 is 1.78 bits per heavy atom. The second-order valence-corrected chi connectivity index (χ2v) is 8.62. The maximum absolute atomic E-state index is 14.5. The number of ether oxygens (including phenoxy) is 3. The van der Waals surface area contributed by atoms with E-state index in [1.807, 2.05) is 24.3 Å². The third kappa shape index (κ3) is 5.16. The molecule has 2 heterocycles. The average Bonchev–Trinajstić information content (AvgIpc) is 3.24. The van der Waals surface area contributed by atoms with E-state index in [1.165, 1.54) is 19.4 Å². The van der Waals surface area contributed by atoms with E-state index in [0.717, 1.165) is 5.56 Å². The minimum Gasteiger partial charge on any atom is -0.494 e. The molecule has 0 saturated carbocycles. The highest BCUT2D eigenvalue weighted by Gasteiger charge is 2.39. The van der Waals surface area contributed by atoms with Gasteiger partial charge in [-0.25, -0.2) is 9.97 Å². The van der Waals surface area contributed by atoms with Gasteiger partial charge in [-0.05, 0) is 23.6 Å². The summed E-state index contributed by atoms with van der Waals surface area (Å²) in [5.41, 5.74) is 0.946. The molecule has 190 valence electrons. The topological polar surface area (TPSA) is 58.4 Å². The van der Waals surface area contributed by atoms with E-state index >= 15 is 0 Å². The van der Waals surface area contributed by atoms with Crippen molar-refractivity contribution in [1.82, 2.24) is 14.5 Å². The summed E-state index contributed by atoms with van der Waals surface area (Å²) in [6.45, 7) is 4.40. The van der Waals surface area contributed by atoms with Crippen LogP contribution in [0.3, 0.4) is 0 Å². The molecule has 2 aromatic heterocycles. The summed E-state index contributed by atoms with van der Waals surface area (Å²) in [5.74, 6) is 1.22.